The highest BCUT2D eigenvalue weighted by Gasteiger charge is 2.24. The quantitative estimate of drug-likeness (QED) is 0.594. The van der Waals surface area contributed by atoms with Gasteiger partial charge in [-0.2, -0.15) is 0 Å². The first kappa shape index (κ1) is 14.4. The number of alkyl halides is 1. The van der Waals surface area contributed by atoms with Gasteiger partial charge in [0.05, 0.1) is 13.2 Å². The van der Waals surface area contributed by atoms with Crippen molar-refractivity contribution < 1.29 is 14.3 Å². The maximum Gasteiger partial charge on any atom is 0.320 e. The number of esters is 1. The normalized spacial score (nSPS) is 18.9. The number of likely N-dealkylation sites (tertiary alicyclic amines) is 1. The Hall–Kier alpha value is -0.620. The maximum absolute atomic E-state index is 11.9. The van der Waals surface area contributed by atoms with E-state index in [1.807, 2.05) is 11.8 Å². The average molecular weight is 307 g/mol. The van der Waals surface area contributed by atoms with Crippen molar-refractivity contribution in [1.29, 1.82) is 0 Å². The summed E-state index contributed by atoms with van der Waals surface area (Å²) in [4.78, 5) is 24.5. The van der Waals surface area contributed by atoms with E-state index in [-0.39, 0.29) is 17.9 Å². The maximum atomic E-state index is 11.9. The monoisotopic (exact) mass is 306 g/mol. The smallest absolute Gasteiger partial charge is 0.320 e. The molecular formula is C11H19BrN2O3. The molecule has 1 heterocycles. The van der Waals surface area contributed by atoms with Crippen LogP contribution in [0.3, 0.4) is 0 Å². The minimum atomic E-state index is -0.415. The minimum absolute atomic E-state index is 0.104. The lowest BCUT2D eigenvalue weighted by molar-refractivity contribution is -0.140. The van der Waals surface area contributed by atoms with Crippen LogP contribution in [0.4, 0.5) is 0 Å². The van der Waals surface area contributed by atoms with Crippen molar-refractivity contribution in [1.82, 2.24) is 10.2 Å². The van der Waals surface area contributed by atoms with Gasteiger partial charge in [-0.3, -0.25) is 9.59 Å². The zero-order valence-electron chi connectivity index (χ0n) is 10.2. The second-order valence-corrected chi connectivity index (χ2v) is 5.26. The zero-order valence-corrected chi connectivity index (χ0v) is 11.8. The van der Waals surface area contributed by atoms with Crippen molar-refractivity contribution in [3.63, 3.8) is 0 Å². The minimum Gasteiger partial charge on any atom is -0.468 e. The molecule has 0 saturated carbocycles. The van der Waals surface area contributed by atoms with Gasteiger partial charge in [0.15, 0.2) is 0 Å². The summed E-state index contributed by atoms with van der Waals surface area (Å²) in [6.45, 7) is 3.89. The summed E-state index contributed by atoms with van der Waals surface area (Å²) in [7, 11) is 1.34. The van der Waals surface area contributed by atoms with Gasteiger partial charge in [-0.25, -0.2) is 0 Å². The molecule has 98 valence electrons. The summed E-state index contributed by atoms with van der Waals surface area (Å²) in [5.74, 6) is -0.231. The predicted molar refractivity (Wildman–Crippen MR) is 68.0 cm³/mol. The lowest BCUT2D eigenvalue weighted by Crippen LogP contribution is -2.46. The molecule has 0 spiro atoms. The number of nitrogens with one attached hydrogen (secondary N) is 1. The molecule has 1 saturated heterocycles. The van der Waals surface area contributed by atoms with E-state index in [1.54, 1.807) is 0 Å². The Balaban J connectivity index is 2.30. The molecule has 6 heteroatoms. The van der Waals surface area contributed by atoms with Crippen LogP contribution in [0.2, 0.25) is 0 Å². The van der Waals surface area contributed by atoms with Crippen LogP contribution in [0.25, 0.3) is 0 Å². The lowest BCUT2D eigenvalue weighted by atomic mass is 10.3. The first-order valence-electron chi connectivity index (χ1n) is 5.80. The van der Waals surface area contributed by atoms with E-state index in [0.29, 0.717) is 6.54 Å². The van der Waals surface area contributed by atoms with Gasteiger partial charge in [0.2, 0.25) is 5.91 Å². The van der Waals surface area contributed by atoms with Crippen molar-refractivity contribution in [3.8, 4) is 0 Å². The van der Waals surface area contributed by atoms with Crippen LogP contribution in [0.5, 0.6) is 0 Å². The fourth-order valence-corrected chi connectivity index (χ4v) is 2.16. The molecular weight excluding hydrogens is 288 g/mol. The van der Waals surface area contributed by atoms with Crippen LogP contribution in [-0.2, 0) is 14.3 Å². The van der Waals surface area contributed by atoms with Crippen LogP contribution in [0, 0.1) is 0 Å². The number of methoxy groups -OCH3 is 1. The fourth-order valence-electron chi connectivity index (χ4n) is 1.79. The Labute approximate surface area is 110 Å². The first-order chi connectivity index (χ1) is 8.06. The van der Waals surface area contributed by atoms with Crippen molar-refractivity contribution >= 4 is 27.8 Å². The summed E-state index contributed by atoms with van der Waals surface area (Å²) in [6.07, 6.45) is 2.17. The molecule has 5 nitrogen and oxygen atoms in total. The highest BCUT2D eigenvalue weighted by atomic mass is 79.9. The van der Waals surface area contributed by atoms with Crippen LogP contribution < -0.4 is 5.32 Å². The molecule has 0 aromatic heterocycles. The number of amides is 1. The Morgan fingerprint density at radius 1 is 1.41 bits per heavy atom. The number of halogens is 1. The number of carbonyl (C=O) groups excluding carboxylic acids is 2. The number of carbonyl (C=O) groups is 2. The first-order valence-corrected chi connectivity index (χ1v) is 6.72. The molecule has 0 bridgehead atoms. The van der Waals surface area contributed by atoms with Crippen molar-refractivity contribution in [3.05, 3.63) is 0 Å². The van der Waals surface area contributed by atoms with Gasteiger partial charge in [-0.05, 0) is 19.8 Å². The molecule has 1 rings (SSSR count). The van der Waals surface area contributed by atoms with E-state index in [1.165, 1.54) is 7.11 Å². The highest BCUT2D eigenvalue weighted by Crippen LogP contribution is 2.09. The number of rotatable bonds is 5. The van der Waals surface area contributed by atoms with E-state index >= 15 is 0 Å². The predicted octanol–water partition coefficient (Wildman–Crippen LogP) is 0.523. The molecule has 17 heavy (non-hydrogen) atoms. The molecule has 1 aliphatic rings. The summed E-state index contributed by atoms with van der Waals surface area (Å²) >= 11 is 3.20. The molecule has 0 aromatic rings. The van der Waals surface area contributed by atoms with Crippen LogP contribution in [0.1, 0.15) is 19.8 Å². The topological polar surface area (TPSA) is 58.6 Å². The molecule has 0 aliphatic carbocycles. The zero-order chi connectivity index (χ0) is 12.8. The van der Waals surface area contributed by atoms with Gasteiger partial charge >= 0.3 is 5.97 Å². The molecule has 1 aliphatic heterocycles. The average Bonchev–Trinajstić information content (AvgIpc) is 2.87. The van der Waals surface area contributed by atoms with Gasteiger partial charge in [0.1, 0.15) is 4.83 Å². The standard InChI is InChI=1S/C11H19BrN2O3/c1-8(10(15)14-5-3-4-6-14)13-7-9(12)11(16)17-2/h8-9,13H,3-7H2,1-2H3. The number of hydrogen-bond donors (Lipinski definition) is 1. The summed E-state index contributed by atoms with van der Waals surface area (Å²) in [5.41, 5.74) is 0. The van der Waals surface area contributed by atoms with Gasteiger partial charge in [0, 0.05) is 19.6 Å². The van der Waals surface area contributed by atoms with Crippen LogP contribution in [0.15, 0.2) is 0 Å². The van der Waals surface area contributed by atoms with Crippen LogP contribution in [-0.4, -0.2) is 54.4 Å². The van der Waals surface area contributed by atoms with E-state index in [4.69, 9.17) is 0 Å². The van der Waals surface area contributed by atoms with E-state index in [2.05, 4.69) is 26.0 Å². The van der Waals surface area contributed by atoms with Gasteiger partial charge in [-0.1, -0.05) is 15.9 Å². The highest BCUT2D eigenvalue weighted by molar-refractivity contribution is 9.10. The van der Waals surface area contributed by atoms with Crippen LogP contribution >= 0.6 is 15.9 Å². The van der Waals surface area contributed by atoms with Gasteiger partial charge < -0.3 is 15.0 Å². The summed E-state index contributed by atoms with van der Waals surface area (Å²) < 4.78 is 4.58. The van der Waals surface area contributed by atoms with E-state index in [0.717, 1.165) is 25.9 Å². The van der Waals surface area contributed by atoms with E-state index in [9.17, 15) is 9.59 Å². The third-order valence-electron chi connectivity index (χ3n) is 2.85. The van der Waals surface area contributed by atoms with Crippen molar-refractivity contribution in [2.75, 3.05) is 26.7 Å². The molecule has 2 unspecified atom stereocenters. The van der Waals surface area contributed by atoms with Gasteiger partial charge in [0.25, 0.3) is 0 Å². The summed E-state index contributed by atoms with van der Waals surface area (Å²) in [5, 5.41) is 3.04. The van der Waals surface area contributed by atoms with E-state index < -0.39 is 4.83 Å². The SMILES string of the molecule is COC(=O)C(Br)CNC(C)C(=O)N1CCCC1. The summed E-state index contributed by atoms with van der Waals surface area (Å²) in [6, 6.07) is -0.266. The second-order valence-electron chi connectivity index (χ2n) is 4.15. The molecule has 1 amide bonds. The number of hydrogen-bond acceptors (Lipinski definition) is 4. The Bertz CT molecular complexity index is 280. The molecule has 1 N–H and O–H groups in total. The number of nitrogens with zero attached hydrogens (tertiary/aromatic N) is 1. The molecule has 1 fully saturated rings. The van der Waals surface area contributed by atoms with Crippen molar-refractivity contribution in [2.45, 2.75) is 30.6 Å². The molecule has 0 aromatic carbocycles. The molecule has 0 radical (unpaired) electrons. The lowest BCUT2D eigenvalue weighted by Gasteiger charge is -2.21. The van der Waals surface area contributed by atoms with Crippen molar-refractivity contribution in [2.24, 2.45) is 0 Å². The Morgan fingerprint density at radius 3 is 2.53 bits per heavy atom. The van der Waals surface area contributed by atoms with Gasteiger partial charge in [-0.15, -0.1) is 0 Å². The third-order valence-corrected chi connectivity index (χ3v) is 3.55. The Morgan fingerprint density at radius 2 is 2.00 bits per heavy atom. The fraction of sp³-hybridized carbons (Fsp3) is 0.818. The number of ether oxygens (including phenoxy) is 1. The second kappa shape index (κ2) is 6.96. The molecule has 2 atom stereocenters. The third kappa shape index (κ3) is 4.27. The Kier molecular flexibility index (Phi) is 5.91. The largest absolute Gasteiger partial charge is 0.468 e.